The van der Waals surface area contributed by atoms with Gasteiger partial charge in [0, 0.05) is 0 Å². The molecule has 1 aliphatic heterocycles. The van der Waals surface area contributed by atoms with Crippen molar-refractivity contribution in [2.75, 3.05) is 12.0 Å². The number of carbonyl (C=O) groups excluding carboxylic acids is 1. The molecule has 1 heterocycles. The Labute approximate surface area is 183 Å². The zero-order valence-corrected chi connectivity index (χ0v) is 17.5. The fourth-order valence-electron chi connectivity index (χ4n) is 2.95. The van der Waals surface area contributed by atoms with E-state index in [1.807, 2.05) is 60.7 Å². The zero-order valence-electron chi connectivity index (χ0n) is 15.9. The highest BCUT2D eigenvalue weighted by Crippen LogP contribution is 2.39. The molecule has 7 heteroatoms. The number of aliphatic imine (C=N–C) groups is 1. The van der Waals surface area contributed by atoms with Gasteiger partial charge in [-0.3, -0.25) is 9.69 Å². The zero-order chi connectivity index (χ0) is 21.1. The summed E-state index contributed by atoms with van der Waals surface area (Å²) in [7, 11) is 1.44. The maximum Gasteiger partial charge on any atom is 0.271 e. The second-order valence-electron chi connectivity index (χ2n) is 6.37. The molecule has 3 aromatic rings. The highest BCUT2D eigenvalue weighted by Gasteiger charge is 2.34. The average Bonchev–Trinajstić information content (AvgIpc) is 3.06. The highest BCUT2D eigenvalue weighted by molar-refractivity contribution is 8.19. The van der Waals surface area contributed by atoms with E-state index >= 15 is 0 Å². The molecule has 1 N–H and O–H groups in total. The lowest BCUT2D eigenvalue weighted by Gasteiger charge is -2.15. The van der Waals surface area contributed by atoms with Gasteiger partial charge in [0.1, 0.15) is 0 Å². The monoisotopic (exact) mass is 436 g/mol. The number of methoxy groups -OCH3 is 1. The molecule has 150 valence electrons. The molecule has 1 amide bonds. The maximum atomic E-state index is 13.3. The number of amidine groups is 1. The third-order valence-electron chi connectivity index (χ3n) is 4.37. The summed E-state index contributed by atoms with van der Waals surface area (Å²) in [6.45, 7) is 0. The molecule has 0 aromatic heterocycles. The summed E-state index contributed by atoms with van der Waals surface area (Å²) in [5, 5.41) is 10.7. The number of hydrogen-bond donors (Lipinski definition) is 1. The van der Waals surface area contributed by atoms with E-state index in [0.717, 1.165) is 11.4 Å². The molecule has 0 radical (unpaired) electrons. The lowest BCUT2D eigenvalue weighted by atomic mass is 10.1. The van der Waals surface area contributed by atoms with Crippen molar-refractivity contribution in [3.05, 3.63) is 88.3 Å². The van der Waals surface area contributed by atoms with Gasteiger partial charge in [-0.25, -0.2) is 4.99 Å². The van der Waals surface area contributed by atoms with Gasteiger partial charge in [-0.2, -0.15) is 0 Å². The van der Waals surface area contributed by atoms with Crippen molar-refractivity contribution in [2.24, 2.45) is 4.99 Å². The molecule has 1 fully saturated rings. The van der Waals surface area contributed by atoms with Crippen LogP contribution in [0.4, 0.5) is 11.4 Å². The molecule has 1 aliphatic rings. The van der Waals surface area contributed by atoms with Crippen LogP contribution in [0, 0.1) is 0 Å². The van der Waals surface area contributed by atoms with Gasteiger partial charge in [-0.15, -0.1) is 0 Å². The number of benzene rings is 3. The molecular formula is C23H17ClN2O3S. The molecule has 0 spiro atoms. The summed E-state index contributed by atoms with van der Waals surface area (Å²) in [6.07, 6.45) is 1.71. The number of hydrogen-bond acceptors (Lipinski definition) is 5. The number of rotatable bonds is 4. The van der Waals surface area contributed by atoms with Gasteiger partial charge in [-0.1, -0.05) is 48.0 Å². The molecule has 30 heavy (non-hydrogen) atoms. The van der Waals surface area contributed by atoms with Crippen LogP contribution in [0.15, 0.2) is 82.7 Å². The van der Waals surface area contributed by atoms with E-state index in [1.165, 1.54) is 18.9 Å². The van der Waals surface area contributed by atoms with Crippen LogP contribution >= 0.6 is 23.4 Å². The van der Waals surface area contributed by atoms with Gasteiger partial charge in [0.25, 0.3) is 5.91 Å². The Kier molecular flexibility index (Phi) is 5.79. The van der Waals surface area contributed by atoms with Gasteiger partial charge in [-0.05, 0) is 59.8 Å². The minimum atomic E-state index is -0.191. The predicted molar refractivity (Wildman–Crippen MR) is 123 cm³/mol. The number of amides is 1. The number of phenolic OH excluding ortho intramolecular Hbond substituents is 1. The van der Waals surface area contributed by atoms with Crippen molar-refractivity contribution in [2.45, 2.75) is 0 Å². The van der Waals surface area contributed by atoms with Gasteiger partial charge >= 0.3 is 0 Å². The summed E-state index contributed by atoms with van der Waals surface area (Å²) in [5.74, 6) is -0.0871. The maximum absolute atomic E-state index is 13.3. The van der Waals surface area contributed by atoms with E-state index in [9.17, 15) is 9.90 Å². The molecule has 0 saturated carbocycles. The summed E-state index contributed by atoms with van der Waals surface area (Å²) in [5.41, 5.74) is 2.12. The number of halogens is 1. The largest absolute Gasteiger partial charge is 0.503 e. The first-order valence-corrected chi connectivity index (χ1v) is 10.3. The number of thioether (sulfide) groups is 1. The van der Waals surface area contributed by atoms with Crippen LogP contribution < -0.4 is 9.64 Å². The number of nitrogens with zero attached hydrogens (tertiary/aromatic N) is 2. The molecule has 3 aromatic carbocycles. The molecule has 0 atom stereocenters. The molecule has 0 aliphatic carbocycles. The summed E-state index contributed by atoms with van der Waals surface area (Å²) >= 11 is 7.37. The SMILES string of the molecule is COc1cc(/C=C2/SC(=Nc3ccccc3)N(c3ccccc3)C2=O)cc(Cl)c1O. The number of aromatic hydroxyl groups is 1. The van der Waals surface area contributed by atoms with Crippen LogP contribution in [0.5, 0.6) is 11.5 Å². The fraction of sp³-hybridized carbons (Fsp3) is 0.0435. The summed E-state index contributed by atoms with van der Waals surface area (Å²) < 4.78 is 5.16. The lowest BCUT2D eigenvalue weighted by molar-refractivity contribution is -0.113. The predicted octanol–water partition coefficient (Wildman–Crippen LogP) is 5.86. The van der Waals surface area contributed by atoms with E-state index in [0.29, 0.717) is 15.6 Å². The molecule has 0 unspecified atom stereocenters. The van der Waals surface area contributed by atoms with Crippen LogP contribution in [-0.2, 0) is 4.79 Å². The fourth-order valence-corrected chi connectivity index (χ4v) is 4.17. The van der Waals surface area contributed by atoms with Gasteiger partial charge in [0.15, 0.2) is 16.7 Å². The van der Waals surface area contributed by atoms with Crippen molar-refractivity contribution < 1.29 is 14.6 Å². The third-order valence-corrected chi connectivity index (χ3v) is 5.63. The first-order valence-electron chi connectivity index (χ1n) is 9.06. The average molecular weight is 437 g/mol. The van der Waals surface area contributed by atoms with E-state index in [-0.39, 0.29) is 22.4 Å². The van der Waals surface area contributed by atoms with Crippen molar-refractivity contribution in [3.63, 3.8) is 0 Å². The van der Waals surface area contributed by atoms with Crippen LogP contribution in [0.25, 0.3) is 6.08 Å². The Hall–Kier alpha value is -3.22. The number of carbonyl (C=O) groups is 1. The van der Waals surface area contributed by atoms with Crippen LogP contribution in [0.3, 0.4) is 0 Å². The molecule has 4 rings (SSSR count). The van der Waals surface area contributed by atoms with Crippen LogP contribution in [-0.4, -0.2) is 23.3 Å². The van der Waals surface area contributed by atoms with Crippen LogP contribution in [0.1, 0.15) is 5.56 Å². The van der Waals surface area contributed by atoms with Gasteiger partial charge in [0.2, 0.25) is 0 Å². The van der Waals surface area contributed by atoms with Crippen molar-refractivity contribution in [1.29, 1.82) is 0 Å². The van der Waals surface area contributed by atoms with E-state index in [4.69, 9.17) is 16.3 Å². The Morgan fingerprint density at radius 1 is 1.07 bits per heavy atom. The Morgan fingerprint density at radius 2 is 1.73 bits per heavy atom. The van der Waals surface area contributed by atoms with Crippen molar-refractivity contribution in [1.82, 2.24) is 0 Å². The smallest absolute Gasteiger partial charge is 0.271 e. The molecule has 0 bridgehead atoms. The molecule has 1 saturated heterocycles. The summed E-state index contributed by atoms with van der Waals surface area (Å²) in [4.78, 5) is 20.0. The molecular weight excluding hydrogens is 420 g/mol. The first kappa shape index (κ1) is 20.1. The van der Waals surface area contributed by atoms with Gasteiger partial charge < -0.3 is 9.84 Å². The second kappa shape index (κ2) is 8.65. The number of ether oxygens (including phenoxy) is 1. The summed E-state index contributed by atoms with van der Waals surface area (Å²) in [6, 6.07) is 22.1. The van der Waals surface area contributed by atoms with E-state index < -0.39 is 0 Å². The lowest BCUT2D eigenvalue weighted by Crippen LogP contribution is -2.28. The normalized spacial score (nSPS) is 16.5. The standard InChI is InChI=1S/C23H17ClN2O3S/c1-29-19-13-15(12-18(24)21(19)27)14-20-22(28)26(17-10-6-3-7-11-17)23(30-20)25-16-8-4-2-5-9-16/h2-14,27H,1H3/b20-14+,25-23?. The minimum absolute atomic E-state index is 0.135. The third kappa shape index (κ3) is 4.06. The number of para-hydroxylation sites is 2. The van der Waals surface area contributed by atoms with Crippen molar-refractivity contribution in [3.8, 4) is 11.5 Å². The quantitative estimate of drug-likeness (QED) is 0.520. The topological polar surface area (TPSA) is 62.1 Å². The second-order valence-corrected chi connectivity index (χ2v) is 7.79. The number of anilines is 1. The van der Waals surface area contributed by atoms with E-state index in [2.05, 4.69) is 4.99 Å². The van der Waals surface area contributed by atoms with Crippen LogP contribution in [0.2, 0.25) is 5.02 Å². The Bertz CT molecular complexity index is 1150. The Balaban J connectivity index is 1.78. The first-order chi connectivity index (χ1) is 14.6. The highest BCUT2D eigenvalue weighted by atomic mass is 35.5. The van der Waals surface area contributed by atoms with E-state index in [1.54, 1.807) is 23.1 Å². The number of phenols is 1. The minimum Gasteiger partial charge on any atom is -0.503 e. The van der Waals surface area contributed by atoms with Gasteiger partial charge in [0.05, 0.1) is 28.4 Å². The van der Waals surface area contributed by atoms with Crippen molar-refractivity contribution >= 4 is 51.9 Å². The molecule has 5 nitrogen and oxygen atoms in total. The Morgan fingerprint density at radius 3 is 2.40 bits per heavy atom.